The van der Waals surface area contributed by atoms with Crippen molar-refractivity contribution in [1.82, 2.24) is 15.1 Å². The molecule has 1 atom stereocenters. The Morgan fingerprint density at radius 1 is 1.33 bits per heavy atom. The summed E-state index contributed by atoms with van der Waals surface area (Å²) in [6.07, 6.45) is 1.43. The summed E-state index contributed by atoms with van der Waals surface area (Å²) < 4.78 is 6.53. The Morgan fingerprint density at radius 3 is 2.63 bits per heavy atom. The van der Waals surface area contributed by atoms with Gasteiger partial charge in [-0.3, -0.25) is 10.1 Å². The number of halogens is 1. The molecule has 1 aromatic carbocycles. The highest BCUT2D eigenvalue weighted by atomic mass is 35.5. The van der Waals surface area contributed by atoms with Gasteiger partial charge in [-0.15, -0.1) is 0 Å². The van der Waals surface area contributed by atoms with E-state index in [1.165, 1.54) is 13.0 Å². The van der Waals surface area contributed by atoms with Crippen molar-refractivity contribution in [3.63, 3.8) is 0 Å². The van der Waals surface area contributed by atoms with Crippen LogP contribution in [-0.4, -0.2) is 33.8 Å². The summed E-state index contributed by atoms with van der Waals surface area (Å²) in [7, 11) is 0. The van der Waals surface area contributed by atoms with Gasteiger partial charge in [0.2, 0.25) is 0 Å². The molecule has 3 N–H and O–H groups in total. The van der Waals surface area contributed by atoms with Gasteiger partial charge in [0.05, 0.1) is 12.2 Å². The Balaban J connectivity index is 2.05. The number of hydrogen-bond donors (Lipinski definition) is 2. The number of benzene rings is 1. The maximum atomic E-state index is 11.9. The number of aryl methyl sites for hydroxylation is 1. The van der Waals surface area contributed by atoms with E-state index in [1.807, 2.05) is 35.6 Å². The molecular weight excluding hydrogens is 372 g/mol. The number of carbonyl (C=O) groups is 3. The van der Waals surface area contributed by atoms with E-state index in [0.717, 1.165) is 11.6 Å². The number of nitrogens with zero attached hydrogens (tertiary/aromatic N) is 2. The number of urea groups is 1. The first-order valence-corrected chi connectivity index (χ1v) is 8.41. The van der Waals surface area contributed by atoms with Gasteiger partial charge in [-0.25, -0.2) is 14.3 Å². The number of nitrogens with one attached hydrogen (secondary N) is 1. The van der Waals surface area contributed by atoms with Gasteiger partial charge in [-0.1, -0.05) is 41.9 Å². The second-order valence-electron chi connectivity index (χ2n) is 5.70. The van der Waals surface area contributed by atoms with Crippen LogP contribution in [0.15, 0.2) is 36.4 Å². The molecule has 1 aromatic heterocycles. The lowest BCUT2D eigenvalue weighted by atomic mass is 10.2. The molecule has 0 fully saturated rings. The van der Waals surface area contributed by atoms with Gasteiger partial charge in [-0.2, -0.15) is 5.10 Å². The monoisotopic (exact) mass is 390 g/mol. The van der Waals surface area contributed by atoms with Crippen molar-refractivity contribution in [2.45, 2.75) is 26.5 Å². The molecule has 27 heavy (non-hydrogen) atoms. The highest BCUT2D eigenvalue weighted by molar-refractivity contribution is 6.31. The van der Waals surface area contributed by atoms with E-state index < -0.39 is 24.0 Å². The number of esters is 1. The first kappa shape index (κ1) is 20.2. The lowest BCUT2D eigenvalue weighted by Gasteiger charge is -2.10. The van der Waals surface area contributed by atoms with Gasteiger partial charge in [-0.05, 0) is 25.5 Å². The van der Waals surface area contributed by atoms with Gasteiger partial charge in [0.25, 0.3) is 5.91 Å². The molecule has 0 unspecified atom stereocenters. The van der Waals surface area contributed by atoms with Crippen molar-refractivity contribution in [1.29, 1.82) is 0 Å². The topological polar surface area (TPSA) is 116 Å². The number of aromatic nitrogens is 2. The average molecular weight is 391 g/mol. The zero-order valence-electron chi connectivity index (χ0n) is 14.8. The van der Waals surface area contributed by atoms with Crippen LogP contribution < -0.4 is 11.1 Å². The minimum absolute atomic E-state index is 0.375. The smallest absolute Gasteiger partial charge is 0.331 e. The zero-order chi connectivity index (χ0) is 20.0. The first-order valence-electron chi connectivity index (χ1n) is 8.03. The number of amides is 3. The molecule has 3 amide bonds. The molecule has 1 heterocycles. The van der Waals surface area contributed by atoms with Crippen LogP contribution in [0.2, 0.25) is 5.15 Å². The molecular formula is C18H19ClN4O4. The Labute approximate surface area is 160 Å². The molecule has 9 heteroatoms. The quantitative estimate of drug-likeness (QED) is 0.578. The Bertz CT molecular complexity index is 877. The van der Waals surface area contributed by atoms with Crippen LogP contribution in [-0.2, 0) is 20.9 Å². The van der Waals surface area contributed by atoms with Crippen LogP contribution in [0.5, 0.6) is 0 Å². The number of primary amides is 1. The van der Waals surface area contributed by atoms with E-state index in [0.29, 0.717) is 23.0 Å². The van der Waals surface area contributed by atoms with Crippen LogP contribution in [0.1, 0.15) is 23.7 Å². The molecule has 0 bridgehead atoms. The van der Waals surface area contributed by atoms with Gasteiger partial charge >= 0.3 is 12.0 Å². The molecule has 0 saturated heterocycles. The van der Waals surface area contributed by atoms with Crippen molar-refractivity contribution in [2.75, 3.05) is 0 Å². The fourth-order valence-electron chi connectivity index (χ4n) is 2.26. The third-order valence-electron chi connectivity index (χ3n) is 3.58. The second-order valence-corrected chi connectivity index (χ2v) is 6.06. The van der Waals surface area contributed by atoms with E-state index in [1.54, 1.807) is 11.6 Å². The number of carbonyl (C=O) groups excluding carboxylic acids is 3. The number of nitrogens with two attached hydrogens (primary N) is 1. The number of hydrogen-bond acceptors (Lipinski definition) is 5. The largest absolute Gasteiger partial charge is 0.449 e. The lowest BCUT2D eigenvalue weighted by molar-refractivity contribution is -0.149. The fourth-order valence-corrected chi connectivity index (χ4v) is 2.56. The normalized spacial score (nSPS) is 12.0. The lowest BCUT2D eigenvalue weighted by Crippen LogP contribution is -2.42. The van der Waals surface area contributed by atoms with E-state index in [4.69, 9.17) is 22.1 Å². The highest BCUT2D eigenvalue weighted by Crippen LogP contribution is 2.22. The van der Waals surface area contributed by atoms with Gasteiger partial charge < -0.3 is 10.5 Å². The van der Waals surface area contributed by atoms with E-state index in [9.17, 15) is 14.4 Å². The molecule has 0 saturated carbocycles. The molecule has 0 spiro atoms. The Hall–Kier alpha value is -3.13. The molecule has 0 aliphatic rings. The van der Waals surface area contributed by atoms with Crippen LogP contribution in [0.3, 0.4) is 0 Å². The van der Waals surface area contributed by atoms with Crippen molar-refractivity contribution < 1.29 is 19.1 Å². The molecule has 0 radical (unpaired) electrons. The summed E-state index contributed by atoms with van der Waals surface area (Å²) in [6.45, 7) is 3.57. The summed E-state index contributed by atoms with van der Waals surface area (Å²) >= 11 is 6.36. The molecule has 2 aromatic rings. The summed E-state index contributed by atoms with van der Waals surface area (Å²) in [4.78, 5) is 34.0. The van der Waals surface area contributed by atoms with Crippen LogP contribution in [0, 0.1) is 6.92 Å². The molecule has 8 nitrogen and oxygen atoms in total. The molecule has 0 aliphatic carbocycles. The summed E-state index contributed by atoms with van der Waals surface area (Å²) in [5.41, 5.74) is 7.08. The van der Waals surface area contributed by atoms with Crippen LogP contribution in [0.4, 0.5) is 4.79 Å². The molecule has 142 valence electrons. The van der Waals surface area contributed by atoms with Gasteiger partial charge in [0.1, 0.15) is 5.15 Å². The number of rotatable bonds is 6. The standard InChI is InChI=1S/C18H19ClN4O4/c1-11-14(8-9-15(24)27-12(2)17(25)21-18(20)26)16(19)23(22-11)10-13-6-4-3-5-7-13/h3-9,12H,10H2,1-2H3,(H3,20,21,25,26)/b9-8+/t12-/m0/s1. The average Bonchev–Trinajstić information content (AvgIpc) is 2.86. The predicted molar refractivity (Wildman–Crippen MR) is 99.8 cm³/mol. The van der Waals surface area contributed by atoms with Gasteiger partial charge in [0, 0.05) is 11.6 Å². The van der Waals surface area contributed by atoms with Gasteiger partial charge in [0.15, 0.2) is 6.10 Å². The third-order valence-corrected chi connectivity index (χ3v) is 3.98. The summed E-state index contributed by atoms with van der Waals surface area (Å²) in [6, 6.07) is 8.66. The third kappa shape index (κ3) is 5.68. The summed E-state index contributed by atoms with van der Waals surface area (Å²) in [5, 5.41) is 6.58. The van der Waals surface area contributed by atoms with Crippen molar-refractivity contribution >= 4 is 35.6 Å². The maximum absolute atomic E-state index is 11.9. The molecule has 0 aliphatic heterocycles. The Kier molecular flexibility index (Phi) is 6.73. The van der Waals surface area contributed by atoms with Crippen molar-refractivity contribution in [3.05, 3.63) is 58.4 Å². The maximum Gasteiger partial charge on any atom is 0.331 e. The minimum Gasteiger partial charge on any atom is -0.449 e. The zero-order valence-corrected chi connectivity index (χ0v) is 15.6. The van der Waals surface area contributed by atoms with Crippen LogP contribution in [0.25, 0.3) is 6.08 Å². The highest BCUT2D eigenvalue weighted by Gasteiger charge is 2.18. The second kappa shape index (κ2) is 9.00. The number of ether oxygens (including phenoxy) is 1. The Morgan fingerprint density at radius 2 is 2.00 bits per heavy atom. The van der Waals surface area contributed by atoms with Crippen molar-refractivity contribution in [3.8, 4) is 0 Å². The van der Waals surface area contributed by atoms with Crippen molar-refractivity contribution in [2.24, 2.45) is 5.73 Å². The number of imide groups is 1. The minimum atomic E-state index is -1.17. The fraction of sp³-hybridized carbons (Fsp3) is 0.222. The van der Waals surface area contributed by atoms with E-state index in [2.05, 4.69) is 5.10 Å². The van der Waals surface area contributed by atoms with Crippen LogP contribution >= 0.6 is 11.6 Å². The van der Waals surface area contributed by atoms with E-state index in [-0.39, 0.29) is 0 Å². The SMILES string of the molecule is Cc1nn(Cc2ccccc2)c(Cl)c1/C=C/C(=O)O[C@@H](C)C(=O)NC(N)=O. The predicted octanol–water partition coefficient (Wildman–Crippen LogP) is 2.03. The molecule has 2 rings (SSSR count). The van der Waals surface area contributed by atoms with E-state index >= 15 is 0 Å². The first-order chi connectivity index (χ1) is 12.8. The summed E-state index contributed by atoms with van der Waals surface area (Å²) in [5.74, 6) is -1.58.